The fourth-order valence-electron chi connectivity index (χ4n) is 4.38. The Morgan fingerprint density at radius 3 is 2.21 bits per heavy atom. The highest BCUT2D eigenvalue weighted by atomic mass is 32.2. The first-order valence-electron chi connectivity index (χ1n) is 13.3. The molecule has 1 aliphatic rings. The summed E-state index contributed by atoms with van der Waals surface area (Å²) in [5.74, 6) is 0.747. The van der Waals surface area contributed by atoms with Crippen LogP contribution in [-0.4, -0.2) is 59.6 Å². The van der Waals surface area contributed by atoms with Crippen molar-refractivity contribution in [2.45, 2.75) is 77.1 Å². The standard InChI is InChI=1S/C30H41N3O5S/c1-20-10-12-21(13-11-20)26(27(34)31-22-14-16-24(37-5)17-15-22)33(23-8-7-9-23)28(35)25(18-19-39-6)32-29(36)38-30(2,3)4/h10-17,23,25-26H,7-9,18-19H2,1-6H3,(H,31,34)(H,32,36). The van der Waals surface area contributed by atoms with Gasteiger partial charge in [-0.15, -0.1) is 0 Å². The smallest absolute Gasteiger partial charge is 0.408 e. The zero-order valence-corrected chi connectivity index (χ0v) is 24.6. The molecular formula is C30H41N3O5S. The van der Waals surface area contributed by atoms with Crippen LogP contribution in [0, 0.1) is 6.92 Å². The lowest BCUT2D eigenvalue weighted by molar-refractivity contribution is -0.145. The Kier molecular flexibility index (Phi) is 10.7. The second-order valence-corrected chi connectivity index (χ2v) is 11.8. The Hall–Kier alpha value is -3.20. The molecule has 0 radical (unpaired) electrons. The van der Waals surface area contributed by atoms with E-state index >= 15 is 0 Å². The highest BCUT2D eigenvalue weighted by Crippen LogP contribution is 2.35. The second-order valence-electron chi connectivity index (χ2n) is 10.8. The van der Waals surface area contributed by atoms with E-state index in [2.05, 4.69) is 10.6 Å². The minimum Gasteiger partial charge on any atom is -0.497 e. The van der Waals surface area contributed by atoms with Crippen molar-refractivity contribution in [2.24, 2.45) is 0 Å². The summed E-state index contributed by atoms with van der Waals surface area (Å²) in [6, 6.07) is 12.9. The fraction of sp³-hybridized carbons (Fsp3) is 0.500. The van der Waals surface area contributed by atoms with Gasteiger partial charge in [0, 0.05) is 11.7 Å². The third-order valence-electron chi connectivity index (χ3n) is 6.60. The van der Waals surface area contributed by atoms with Gasteiger partial charge in [-0.3, -0.25) is 9.59 Å². The number of amides is 3. The van der Waals surface area contributed by atoms with E-state index in [1.165, 1.54) is 0 Å². The van der Waals surface area contributed by atoms with Crippen molar-refractivity contribution in [1.82, 2.24) is 10.2 Å². The van der Waals surface area contributed by atoms with E-state index in [1.807, 2.05) is 37.4 Å². The number of aryl methyl sites for hydroxylation is 1. The molecule has 3 rings (SSSR count). The van der Waals surface area contributed by atoms with Gasteiger partial charge in [-0.25, -0.2) is 4.79 Å². The minimum absolute atomic E-state index is 0.109. The molecule has 1 aliphatic carbocycles. The summed E-state index contributed by atoms with van der Waals surface area (Å²) in [4.78, 5) is 42.6. The minimum atomic E-state index is -0.872. The number of benzene rings is 2. The number of carbonyl (C=O) groups excluding carboxylic acids is 3. The van der Waals surface area contributed by atoms with Gasteiger partial charge in [-0.2, -0.15) is 11.8 Å². The third kappa shape index (κ3) is 8.65. The number of nitrogens with zero attached hydrogens (tertiary/aromatic N) is 1. The first kappa shape index (κ1) is 30.3. The lowest BCUT2D eigenvalue weighted by Crippen LogP contribution is -2.57. The zero-order valence-electron chi connectivity index (χ0n) is 23.8. The summed E-state index contributed by atoms with van der Waals surface area (Å²) >= 11 is 1.59. The number of carbonyl (C=O) groups is 3. The van der Waals surface area contributed by atoms with Crippen LogP contribution in [0.4, 0.5) is 10.5 Å². The van der Waals surface area contributed by atoms with E-state index in [9.17, 15) is 14.4 Å². The van der Waals surface area contributed by atoms with Crippen LogP contribution in [0.1, 0.15) is 63.6 Å². The van der Waals surface area contributed by atoms with Crippen LogP contribution in [0.3, 0.4) is 0 Å². The monoisotopic (exact) mass is 555 g/mol. The number of ether oxygens (including phenoxy) is 2. The van der Waals surface area contributed by atoms with Crippen LogP contribution in [-0.2, 0) is 14.3 Å². The molecule has 39 heavy (non-hydrogen) atoms. The van der Waals surface area contributed by atoms with E-state index < -0.39 is 23.8 Å². The Morgan fingerprint density at radius 1 is 1.05 bits per heavy atom. The van der Waals surface area contributed by atoms with E-state index in [-0.39, 0.29) is 17.9 Å². The molecule has 9 heteroatoms. The molecule has 0 bridgehead atoms. The van der Waals surface area contributed by atoms with Crippen LogP contribution in [0.15, 0.2) is 48.5 Å². The Bertz CT molecular complexity index is 1110. The molecule has 3 amide bonds. The number of rotatable bonds is 11. The summed E-state index contributed by atoms with van der Waals surface area (Å²) < 4.78 is 10.7. The Morgan fingerprint density at radius 2 is 1.69 bits per heavy atom. The van der Waals surface area contributed by atoms with Gasteiger partial charge in [0.2, 0.25) is 5.91 Å². The molecule has 0 saturated heterocycles. The van der Waals surface area contributed by atoms with Gasteiger partial charge in [0.1, 0.15) is 23.4 Å². The summed E-state index contributed by atoms with van der Waals surface area (Å²) in [6.45, 7) is 7.32. The van der Waals surface area contributed by atoms with Crippen molar-refractivity contribution in [2.75, 3.05) is 24.4 Å². The summed E-state index contributed by atoms with van der Waals surface area (Å²) in [6.07, 6.45) is 4.30. The molecule has 0 aromatic heterocycles. The molecule has 0 heterocycles. The Balaban J connectivity index is 1.98. The maximum absolute atomic E-state index is 14.3. The average Bonchev–Trinajstić information content (AvgIpc) is 2.85. The SMILES string of the molecule is COc1ccc(NC(=O)C(c2ccc(C)cc2)N(C(=O)C(CCSC)NC(=O)OC(C)(C)C)C2CCC2)cc1. The number of hydrogen-bond acceptors (Lipinski definition) is 6. The number of thioether (sulfide) groups is 1. The molecule has 2 unspecified atom stereocenters. The van der Waals surface area contributed by atoms with Crippen molar-refractivity contribution < 1.29 is 23.9 Å². The summed E-state index contributed by atoms with van der Waals surface area (Å²) in [5.41, 5.74) is 1.67. The highest BCUT2D eigenvalue weighted by molar-refractivity contribution is 7.98. The lowest BCUT2D eigenvalue weighted by atomic mass is 9.87. The first-order valence-corrected chi connectivity index (χ1v) is 14.7. The summed E-state index contributed by atoms with van der Waals surface area (Å²) in [5, 5.41) is 5.79. The maximum atomic E-state index is 14.3. The quantitative estimate of drug-likeness (QED) is 0.369. The molecule has 8 nitrogen and oxygen atoms in total. The second kappa shape index (κ2) is 13.7. The van der Waals surface area contributed by atoms with Gasteiger partial charge < -0.3 is 25.0 Å². The van der Waals surface area contributed by atoms with Gasteiger partial charge in [0.05, 0.1) is 7.11 Å². The molecule has 1 saturated carbocycles. The van der Waals surface area contributed by atoms with Gasteiger partial charge in [-0.1, -0.05) is 29.8 Å². The van der Waals surface area contributed by atoms with Crippen LogP contribution in [0.5, 0.6) is 5.75 Å². The van der Waals surface area contributed by atoms with Crippen molar-refractivity contribution in [1.29, 1.82) is 0 Å². The summed E-state index contributed by atoms with van der Waals surface area (Å²) in [7, 11) is 1.59. The molecule has 212 valence electrons. The van der Waals surface area contributed by atoms with Gasteiger partial charge in [0.15, 0.2) is 0 Å². The van der Waals surface area contributed by atoms with Gasteiger partial charge in [-0.05, 0) is 95.2 Å². The number of alkyl carbamates (subject to hydrolysis) is 1. The number of hydrogen-bond donors (Lipinski definition) is 2. The zero-order chi connectivity index (χ0) is 28.6. The van der Waals surface area contributed by atoms with Crippen molar-refractivity contribution in [3.8, 4) is 5.75 Å². The van der Waals surface area contributed by atoms with Crippen LogP contribution < -0.4 is 15.4 Å². The molecule has 1 fully saturated rings. The number of nitrogens with one attached hydrogen (secondary N) is 2. The van der Waals surface area contributed by atoms with Crippen LogP contribution in [0.2, 0.25) is 0 Å². The fourth-order valence-corrected chi connectivity index (χ4v) is 4.85. The molecule has 2 aromatic carbocycles. The average molecular weight is 556 g/mol. The van der Waals surface area contributed by atoms with E-state index in [0.29, 0.717) is 29.2 Å². The molecule has 0 aliphatic heterocycles. The molecule has 2 aromatic rings. The van der Waals surface area contributed by atoms with E-state index in [4.69, 9.17) is 9.47 Å². The number of anilines is 1. The Labute approximate surface area is 236 Å². The van der Waals surface area contributed by atoms with E-state index in [0.717, 1.165) is 24.8 Å². The van der Waals surface area contributed by atoms with Crippen molar-refractivity contribution in [3.63, 3.8) is 0 Å². The number of methoxy groups -OCH3 is 1. The normalized spacial score (nSPS) is 14.9. The van der Waals surface area contributed by atoms with Gasteiger partial charge in [0.25, 0.3) is 5.91 Å². The third-order valence-corrected chi connectivity index (χ3v) is 7.24. The largest absolute Gasteiger partial charge is 0.497 e. The molecular weight excluding hydrogens is 514 g/mol. The molecule has 2 atom stereocenters. The predicted molar refractivity (Wildman–Crippen MR) is 156 cm³/mol. The van der Waals surface area contributed by atoms with Gasteiger partial charge >= 0.3 is 6.09 Å². The van der Waals surface area contributed by atoms with Crippen molar-refractivity contribution >= 4 is 35.4 Å². The van der Waals surface area contributed by atoms with E-state index in [1.54, 1.807) is 68.8 Å². The molecule has 0 spiro atoms. The van der Waals surface area contributed by atoms with Crippen LogP contribution in [0.25, 0.3) is 0 Å². The maximum Gasteiger partial charge on any atom is 0.408 e. The highest BCUT2D eigenvalue weighted by Gasteiger charge is 2.42. The lowest BCUT2D eigenvalue weighted by Gasteiger charge is -2.43. The van der Waals surface area contributed by atoms with Crippen molar-refractivity contribution in [3.05, 3.63) is 59.7 Å². The first-order chi connectivity index (χ1) is 18.5. The molecule has 2 N–H and O–H groups in total. The predicted octanol–water partition coefficient (Wildman–Crippen LogP) is 5.71. The van der Waals surface area contributed by atoms with Crippen LogP contribution >= 0.6 is 11.8 Å². The topological polar surface area (TPSA) is 97.0 Å².